The third-order valence-electron chi connectivity index (χ3n) is 3.66. The zero-order valence-corrected chi connectivity index (χ0v) is 15.6. The summed E-state index contributed by atoms with van der Waals surface area (Å²) in [5, 5.41) is 14.9. The van der Waals surface area contributed by atoms with Crippen LogP contribution in [0.2, 0.25) is 5.02 Å². The third kappa shape index (κ3) is 6.00. The molecule has 0 saturated heterocycles. The Morgan fingerprint density at radius 2 is 1.70 bits per heavy atom. The second-order valence-corrected chi connectivity index (χ2v) is 6.03. The van der Waals surface area contributed by atoms with Crippen molar-refractivity contribution in [1.29, 1.82) is 0 Å². The van der Waals surface area contributed by atoms with Crippen LogP contribution in [0.3, 0.4) is 0 Å². The maximum atomic E-state index is 5.88. The zero-order chi connectivity index (χ0) is 18.9. The van der Waals surface area contributed by atoms with Gasteiger partial charge in [-0.1, -0.05) is 23.7 Å². The van der Waals surface area contributed by atoms with Crippen LogP contribution in [0.4, 0.5) is 11.8 Å². The highest BCUT2D eigenvalue weighted by atomic mass is 35.5. The second-order valence-electron chi connectivity index (χ2n) is 5.60. The number of hydrogen-bond donors (Lipinski definition) is 2. The Hall–Kier alpha value is -3.06. The van der Waals surface area contributed by atoms with E-state index in [0.29, 0.717) is 36.5 Å². The number of ether oxygens (including phenoxy) is 2. The van der Waals surface area contributed by atoms with Gasteiger partial charge in [-0.25, -0.2) is 0 Å². The topological polar surface area (TPSA) is 81.2 Å². The van der Waals surface area contributed by atoms with Crippen molar-refractivity contribution in [3.63, 3.8) is 0 Å². The minimum Gasteiger partial charge on any atom is -0.497 e. The van der Waals surface area contributed by atoms with E-state index in [9.17, 15) is 0 Å². The predicted molar refractivity (Wildman–Crippen MR) is 106 cm³/mol. The summed E-state index contributed by atoms with van der Waals surface area (Å²) in [7, 11) is 1.63. The zero-order valence-electron chi connectivity index (χ0n) is 14.9. The summed E-state index contributed by atoms with van der Waals surface area (Å²) in [6, 6.07) is 15.0. The van der Waals surface area contributed by atoms with E-state index in [0.717, 1.165) is 17.1 Å². The molecule has 8 heteroatoms. The van der Waals surface area contributed by atoms with Gasteiger partial charge < -0.3 is 20.1 Å². The van der Waals surface area contributed by atoms with Crippen LogP contribution in [0.15, 0.2) is 54.7 Å². The summed E-state index contributed by atoms with van der Waals surface area (Å²) >= 11 is 5.88. The number of nitrogens with zero attached hydrogens (tertiary/aromatic N) is 3. The van der Waals surface area contributed by atoms with Crippen LogP contribution < -0.4 is 20.1 Å². The molecule has 0 fully saturated rings. The Labute approximate surface area is 162 Å². The van der Waals surface area contributed by atoms with E-state index in [1.165, 1.54) is 0 Å². The lowest BCUT2D eigenvalue weighted by atomic mass is 10.2. The van der Waals surface area contributed by atoms with E-state index >= 15 is 0 Å². The SMILES string of the molecule is COc1ccc(OCCNc2cnnc(NCc3ccc(Cl)cc3)n2)cc1. The van der Waals surface area contributed by atoms with Gasteiger partial charge in [-0.15, -0.1) is 5.10 Å². The van der Waals surface area contributed by atoms with Gasteiger partial charge in [0.25, 0.3) is 0 Å². The van der Waals surface area contributed by atoms with Gasteiger partial charge in [0, 0.05) is 11.6 Å². The number of hydrogen-bond acceptors (Lipinski definition) is 7. The van der Waals surface area contributed by atoms with Crippen molar-refractivity contribution in [2.24, 2.45) is 0 Å². The fourth-order valence-electron chi connectivity index (χ4n) is 2.27. The van der Waals surface area contributed by atoms with Crippen molar-refractivity contribution in [3.8, 4) is 11.5 Å². The average Bonchev–Trinajstić information content (AvgIpc) is 2.71. The molecule has 2 aromatic carbocycles. The van der Waals surface area contributed by atoms with Gasteiger partial charge in [0.15, 0.2) is 5.82 Å². The van der Waals surface area contributed by atoms with E-state index < -0.39 is 0 Å². The molecular formula is C19H20ClN5O2. The summed E-state index contributed by atoms with van der Waals surface area (Å²) in [4.78, 5) is 4.38. The highest BCUT2D eigenvalue weighted by Gasteiger charge is 2.01. The van der Waals surface area contributed by atoms with E-state index in [-0.39, 0.29) is 0 Å². The van der Waals surface area contributed by atoms with Crippen molar-refractivity contribution in [1.82, 2.24) is 15.2 Å². The lowest BCUT2D eigenvalue weighted by Gasteiger charge is -2.09. The molecule has 0 aliphatic heterocycles. The molecule has 7 nitrogen and oxygen atoms in total. The molecule has 1 aromatic heterocycles. The molecular weight excluding hydrogens is 366 g/mol. The maximum absolute atomic E-state index is 5.88. The maximum Gasteiger partial charge on any atom is 0.244 e. The van der Waals surface area contributed by atoms with Crippen molar-refractivity contribution in [3.05, 3.63) is 65.3 Å². The van der Waals surface area contributed by atoms with Gasteiger partial charge in [-0.3, -0.25) is 0 Å². The molecule has 0 bridgehead atoms. The Balaban J connectivity index is 1.43. The minimum absolute atomic E-state index is 0.450. The van der Waals surface area contributed by atoms with Crippen LogP contribution >= 0.6 is 11.6 Å². The van der Waals surface area contributed by atoms with Crippen LogP contribution in [0, 0.1) is 0 Å². The van der Waals surface area contributed by atoms with E-state index in [1.807, 2.05) is 48.5 Å². The molecule has 0 radical (unpaired) electrons. The molecule has 27 heavy (non-hydrogen) atoms. The summed E-state index contributed by atoms with van der Waals surface area (Å²) in [6.07, 6.45) is 1.57. The average molecular weight is 386 g/mol. The Bertz CT molecular complexity index is 843. The summed E-state index contributed by atoms with van der Waals surface area (Å²) in [6.45, 7) is 1.66. The highest BCUT2D eigenvalue weighted by Crippen LogP contribution is 2.17. The monoisotopic (exact) mass is 385 g/mol. The standard InChI is InChI=1S/C19H20ClN5O2/c1-26-16-6-8-17(9-7-16)27-11-10-21-18-13-23-25-19(24-18)22-12-14-2-4-15(20)5-3-14/h2-9,13H,10-12H2,1H3,(H2,21,22,24,25). The second kappa shape index (κ2) is 9.59. The Morgan fingerprint density at radius 3 is 2.44 bits per heavy atom. The number of anilines is 2. The van der Waals surface area contributed by atoms with Crippen LogP contribution in [0.1, 0.15) is 5.56 Å². The first-order chi connectivity index (χ1) is 13.2. The van der Waals surface area contributed by atoms with Crippen molar-refractivity contribution in [2.75, 3.05) is 30.9 Å². The molecule has 0 saturated carbocycles. The van der Waals surface area contributed by atoms with Crippen molar-refractivity contribution >= 4 is 23.4 Å². The van der Waals surface area contributed by atoms with Crippen LogP contribution in [0.5, 0.6) is 11.5 Å². The summed E-state index contributed by atoms with van der Waals surface area (Å²) in [5.41, 5.74) is 1.08. The fourth-order valence-corrected chi connectivity index (χ4v) is 2.39. The van der Waals surface area contributed by atoms with E-state index in [2.05, 4.69) is 25.8 Å². The van der Waals surface area contributed by atoms with E-state index in [1.54, 1.807) is 13.3 Å². The molecule has 0 aliphatic rings. The molecule has 0 aliphatic carbocycles. The smallest absolute Gasteiger partial charge is 0.244 e. The predicted octanol–water partition coefficient (Wildman–Crippen LogP) is 3.64. The van der Waals surface area contributed by atoms with Gasteiger partial charge >= 0.3 is 0 Å². The molecule has 0 amide bonds. The number of nitrogens with one attached hydrogen (secondary N) is 2. The fraction of sp³-hybridized carbons (Fsp3) is 0.211. The Kier molecular flexibility index (Phi) is 6.65. The molecule has 2 N–H and O–H groups in total. The van der Waals surface area contributed by atoms with Crippen LogP contribution in [-0.2, 0) is 6.54 Å². The first kappa shape index (κ1) is 18.7. The lowest BCUT2D eigenvalue weighted by Crippen LogP contribution is -2.14. The van der Waals surface area contributed by atoms with Crippen molar-refractivity contribution in [2.45, 2.75) is 6.54 Å². The lowest BCUT2D eigenvalue weighted by molar-refractivity contribution is 0.331. The molecule has 140 valence electrons. The molecule has 3 rings (SSSR count). The molecule has 0 unspecified atom stereocenters. The van der Waals surface area contributed by atoms with Crippen molar-refractivity contribution < 1.29 is 9.47 Å². The number of aromatic nitrogens is 3. The molecule has 0 spiro atoms. The molecule has 0 atom stereocenters. The number of benzene rings is 2. The van der Waals surface area contributed by atoms with E-state index in [4.69, 9.17) is 21.1 Å². The largest absolute Gasteiger partial charge is 0.497 e. The van der Waals surface area contributed by atoms with Crippen LogP contribution in [-0.4, -0.2) is 35.4 Å². The summed E-state index contributed by atoms with van der Waals surface area (Å²) in [5.74, 6) is 2.66. The number of methoxy groups -OCH3 is 1. The Morgan fingerprint density at radius 1 is 0.963 bits per heavy atom. The van der Waals surface area contributed by atoms with Gasteiger partial charge in [0.2, 0.25) is 5.95 Å². The third-order valence-corrected chi connectivity index (χ3v) is 3.91. The molecule has 3 aromatic rings. The minimum atomic E-state index is 0.450. The quantitative estimate of drug-likeness (QED) is 0.544. The van der Waals surface area contributed by atoms with Gasteiger partial charge in [-0.2, -0.15) is 10.1 Å². The van der Waals surface area contributed by atoms with Crippen LogP contribution in [0.25, 0.3) is 0 Å². The normalized spacial score (nSPS) is 10.3. The first-order valence-electron chi connectivity index (χ1n) is 8.42. The van der Waals surface area contributed by atoms with Gasteiger partial charge in [-0.05, 0) is 42.0 Å². The number of rotatable bonds is 9. The van der Waals surface area contributed by atoms with Gasteiger partial charge in [0.05, 0.1) is 19.9 Å². The summed E-state index contributed by atoms with van der Waals surface area (Å²) < 4.78 is 10.8. The number of halogens is 1. The molecule has 1 heterocycles. The van der Waals surface area contributed by atoms with Gasteiger partial charge in [0.1, 0.15) is 18.1 Å². The first-order valence-corrected chi connectivity index (χ1v) is 8.79. The highest BCUT2D eigenvalue weighted by molar-refractivity contribution is 6.30.